The van der Waals surface area contributed by atoms with Crippen LogP contribution in [-0.4, -0.2) is 75.5 Å². The van der Waals surface area contributed by atoms with Gasteiger partial charge >= 0.3 is 0 Å². The third-order valence-electron chi connectivity index (χ3n) is 5.61. The number of halogens is 1. The molecule has 0 bridgehead atoms. The van der Waals surface area contributed by atoms with E-state index in [1.807, 2.05) is 7.05 Å². The van der Waals surface area contributed by atoms with Gasteiger partial charge in [0, 0.05) is 51.3 Å². The maximum absolute atomic E-state index is 6.10. The highest BCUT2D eigenvalue weighted by Crippen LogP contribution is 2.33. The van der Waals surface area contributed by atoms with Crippen LogP contribution in [0.3, 0.4) is 0 Å². The molecule has 2 saturated heterocycles. The van der Waals surface area contributed by atoms with Crippen molar-refractivity contribution in [2.75, 3.05) is 53.0 Å². The smallest absolute Gasteiger partial charge is 0.191 e. The van der Waals surface area contributed by atoms with Crippen LogP contribution in [-0.2, 0) is 9.47 Å². The van der Waals surface area contributed by atoms with Gasteiger partial charge < -0.3 is 20.1 Å². The highest BCUT2D eigenvalue weighted by atomic mass is 127. The number of aliphatic imine (C=N–C) groups is 1. The lowest BCUT2D eigenvalue weighted by Gasteiger charge is -2.41. The molecule has 6 nitrogen and oxygen atoms in total. The van der Waals surface area contributed by atoms with Crippen molar-refractivity contribution in [2.24, 2.45) is 16.3 Å². The van der Waals surface area contributed by atoms with Gasteiger partial charge in [0.15, 0.2) is 5.96 Å². The zero-order valence-corrected chi connectivity index (χ0v) is 20.5. The third kappa shape index (κ3) is 7.66. The first-order valence-corrected chi connectivity index (χ1v) is 10.1. The summed E-state index contributed by atoms with van der Waals surface area (Å²) >= 11 is 0. The third-order valence-corrected chi connectivity index (χ3v) is 5.61. The summed E-state index contributed by atoms with van der Waals surface area (Å²) in [6, 6.07) is 0. The summed E-state index contributed by atoms with van der Waals surface area (Å²) in [6.45, 7) is 17.7. The fourth-order valence-corrected chi connectivity index (χ4v) is 4.04. The average Bonchev–Trinajstić information content (AvgIpc) is 2.62. The van der Waals surface area contributed by atoms with Crippen LogP contribution >= 0.6 is 24.0 Å². The fourth-order valence-electron chi connectivity index (χ4n) is 4.04. The molecule has 2 rings (SSSR count). The first-order valence-electron chi connectivity index (χ1n) is 10.1. The fraction of sp³-hybridized carbons (Fsp3) is 0.950. The van der Waals surface area contributed by atoms with Crippen LogP contribution in [0.25, 0.3) is 0 Å². The average molecular weight is 496 g/mol. The number of nitrogens with zero attached hydrogens (tertiary/aromatic N) is 2. The van der Waals surface area contributed by atoms with Gasteiger partial charge in [-0.05, 0) is 32.1 Å². The summed E-state index contributed by atoms with van der Waals surface area (Å²) in [6.07, 6.45) is 2.66. The van der Waals surface area contributed by atoms with Gasteiger partial charge in [0.25, 0.3) is 0 Å². The molecule has 0 spiro atoms. The van der Waals surface area contributed by atoms with Crippen molar-refractivity contribution in [3.05, 3.63) is 0 Å². The number of rotatable bonds is 5. The van der Waals surface area contributed by atoms with Gasteiger partial charge in [0.2, 0.25) is 0 Å². The first kappa shape index (κ1) is 24.9. The molecule has 160 valence electrons. The first-order chi connectivity index (χ1) is 12.2. The van der Waals surface area contributed by atoms with Crippen molar-refractivity contribution >= 4 is 29.9 Å². The quantitative estimate of drug-likeness (QED) is 0.348. The number of hydrogen-bond donors (Lipinski definition) is 2. The molecule has 2 unspecified atom stereocenters. The van der Waals surface area contributed by atoms with Gasteiger partial charge in [-0.1, -0.05) is 20.8 Å². The zero-order valence-electron chi connectivity index (χ0n) is 18.1. The Bertz CT molecular complexity index is 459. The molecular weight excluding hydrogens is 455 g/mol. The van der Waals surface area contributed by atoms with Gasteiger partial charge in [-0.2, -0.15) is 0 Å². The predicted molar refractivity (Wildman–Crippen MR) is 123 cm³/mol. The standard InChI is InChI=1S/C20H40N4O2.HI/c1-19(2,3)17-16(8-7-11-26-17)14-22-18(21-6)23-15-20(4,5)24-9-12-25-13-10-24;/h16-17H,7-15H2,1-6H3,(H2,21,22,23);1H. The lowest BCUT2D eigenvalue weighted by molar-refractivity contribution is -0.0835. The van der Waals surface area contributed by atoms with E-state index in [9.17, 15) is 0 Å². The van der Waals surface area contributed by atoms with Gasteiger partial charge in [0.1, 0.15) is 0 Å². The molecule has 0 radical (unpaired) electrons. The van der Waals surface area contributed by atoms with E-state index >= 15 is 0 Å². The molecule has 2 heterocycles. The van der Waals surface area contributed by atoms with E-state index in [-0.39, 0.29) is 34.9 Å². The Morgan fingerprint density at radius 2 is 1.74 bits per heavy atom. The topological polar surface area (TPSA) is 58.1 Å². The van der Waals surface area contributed by atoms with Crippen LogP contribution < -0.4 is 10.6 Å². The Balaban J connectivity index is 0.00000364. The molecule has 2 atom stereocenters. The number of ether oxygens (including phenoxy) is 2. The Kier molecular flexibility index (Phi) is 10.3. The van der Waals surface area contributed by atoms with Gasteiger partial charge in [-0.25, -0.2) is 0 Å². The van der Waals surface area contributed by atoms with Crippen LogP contribution in [0.1, 0.15) is 47.5 Å². The number of morpholine rings is 1. The maximum atomic E-state index is 6.10. The molecule has 2 fully saturated rings. The SMILES string of the molecule is CN=C(NCC1CCCOC1C(C)(C)C)NCC(C)(C)N1CCOCC1.I. The number of nitrogens with one attached hydrogen (secondary N) is 2. The minimum Gasteiger partial charge on any atom is -0.379 e. The van der Waals surface area contributed by atoms with E-state index in [2.05, 4.69) is 55.1 Å². The number of hydrogen-bond acceptors (Lipinski definition) is 4. The summed E-state index contributed by atoms with van der Waals surface area (Å²) in [5, 5.41) is 7.05. The summed E-state index contributed by atoms with van der Waals surface area (Å²) in [4.78, 5) is 6.91. The monoisotopic (exact) mass is 496 g/mol. The van der Waals surface area contributed by atoms with E-state index in [1.165, 1.54) is 6.42 Å². The van der Waals surface area contributed by atoms with Gasteiger partial charge in [-0.3, -0.25) is 9.89 Å². The molecule has 2 N–H and O–H groups in total. The highest BCUT2D eigenvalue weighted by Gasteiger charge is 2.35. The van der Waals surface area contributed by atoms with E-state index < -0.39 is 0 Å². The minimum absolute atomic E-state index is 0. The zero-order chi connectivity index (χ0) is 19.2. The van der Waals surface area contributed by atoms with E-state index in [0.29, 0.717) is 12.0 Å². The van der Waals surface area contributed by atoms with Crippen molar-refractivity contribution in [3.63, 3.8) is 0 Å². The molecule has 0 saturated carbocycles. The molecule has 0 aromatic rings. The van der Waals surface area contributed by atoms with E-state index in [1.54, 1.807) is 0 Å². The maximum Gasteiger partial charge on any atom is 0.191 e. The van der Waals surface area contributed by atoms with Gasteiger partial charge in [0.05, 0.1) is 19.3 Å². The minimum atomic E-state index is 0. The molecule has 0 aliphatic carbocycles. The molecule has 0 amide bonds. The molecule has 2 aliphatic heterocycles. The van der Waals surface area contributed by atoms with Crippen molar-refractivity contribution in [1.82, 2.24) is 15.5 Å². The Hall–Kier alpha value is -0.120. The summed E-state index contributed by atoms with van der Waals surface area (Å²) in [5.41, 5.74) is 0.241. The van der Waals surface area contributed by atoms with Crippen molar-refractivity contribution < 1.29 is 9.47 Å². The van der Waals surface area contributed by atoms with Crippen LogP contribution in [0.5, 0.6) is 0 Å². The molecule has 0 aromatic carbocycles. The lowest BCUT2D eigenvalue weighted by atomic mass is 9.78. The lowest BCUT2D eigenvalue weighted by Crippen LogP contribution is -2.57. The summed E-state index contributed by atoms with van der Waals surface area (Å²) in [7, 11) is 1.84. The second kappa shape index (κ2) is 11.2. The van der Waals surface area contributed by atoms with Crippen LogP contribution in [0.4, 0.5) is 0 Å². The summed E-state index contributed by atoms with van der Waals surface area (Å²) < 4.78 is 11.6. The summed E-state index contributed by atoms with van der Waals surface area (Å²) in [5.74, 6) is 1.40. The Morgan fingerprint density at radius 1 is 1.07 bits per heavy atom. The largest absolute Gasteiger partial charge is 0.379 e. The second-order valence-corrected chi connectivity index (χ2v) is 9.28. The predicted octanol–water partition coefficient (Wildman–Crippen LogP) is 2.72. The molecule has 27 heavy (non-hydrogen) atoms. The highest BCUT2D eigenvalue weighted by molar-refractivity contribution is 14.0. The molecular formula is C20H41IN4O2. The Labute approximate surface area is 183 Å². The van der Waals surface area contributed by atoms with Crippen molar-refractivity contribution in [3.8, 4) is 0 Å². The molecule has 0 aromatic heterocycles. The van der Waals surface area contributed by atoms with Crippen LogP contribution in [0.15, 0.2) is 4.99 Å². The van der Waals surface area contributed by atoms with E-state index in [4.69, 9.17) is 9.47 Å². The molecule has 7 heteroatoms. The normalized spacial score (nSPS) is 25.6. The Morgan fingerprint density at radius 3 is 2.33 bits per heavy atom. The van der Waals surface area contributed by atoms with E-state index in [0.717, 1.165) is 58.4 Å². The van der Waals surface area contributed by atoms with Crippen molar-refractivity contribution in [1.29, 1.82) is 0 Å². The number of guanidine groups is 1. The van der Waals surface area contributed by atoms with Gasteiger partial charge in [-0.15, -0.1) is 24.0 Å². The van der Waals surface area contributed by atoms with Crippen LogP contribution in [0.2, 0.25) is 0 Å². The van der Waals surface area contributed by atoms with Crippen LogP contribution in [0, 0.1) is 11.3 Å². The van der Waals surface area contributed by atoms with Crippen molar-refractivity contribution in [2.45, 2.75) is 59.1 Å². The molecule has 2 aliphatic rings. The second-order valence-electron chi connectivity index (χ2n) is 9.28.